The molecule has 216 valence electrons. The molecule has 0 N–H and O–H groups in total. The van der Waals surface area contributed by atoms with Crippen LogP contribution in [0.2, 0.25) is 0 Å². The number of carboxylic acid groups (broad SMARTS) is 2. The summed E-state index contributed by atoms with van der Waals surface area (Å²) in [6.07, 6.45) is 17.2. The Morgan fingerprint density at radius 2 is 0.639 bits per heavy atom. The average Bonchev–Trinajstić information content (AvgIpc) is 2.86. The Labute approximate surface area is 224 Å². The third-order valence-electron chi connectivity index (χ3n) is 6.66. The highest BCUT2D eigenvalue weighted by Crippen LogP contribution is 2.11. The minimum Gasteiger partial charge on any atom is -0.545 e. The maximum atomic E-state index is 9.41. The molecule has 0 aliphatic rings. The SMILES string of the molecule is CCCC[N+](C)(CCCC)CCCC.CCCC[N+](C)(CCCC)CCCC.O=C([O-])/C=C/C(=O)[O-]. The molecule has 0 spiro atoms. The number of unbranched alkanes of at least 4 members (excludes halogenated alkanes) is 6. The molecule has 0 amide bonds. The van der Waals surface area contributed by atoms with Gasteiger partial charge in [0.1, 0.15) is 0 Å². The number of hydrogen-bond acceptors (Lipinski definition) is 4. The van der Waals surface area contributed by atoms with E-state index in [9.17, 15) is 19.8 Å². The monoisotopic (exact) mass is 514 g/mol. The van der Waals surface area contributed by atoms with Gasteiger partial charge in [-0.3, -0.25) is 0 Å². The van der Waals surface area contributed by atoms with E-state index in [4.69, 9.17) is 0 Å². The van der Waals surface area contributed by atoms with Gasteiger partial charge in [0, 0.05) is 0 Å². The lowest BCUT2D eigenvalue weighted by Gasteiger charge is -2.34. The van der Waals surface area contributed by atoms with Crippen molar-refractivity contribution in [1.82, 2.24) is 0 Å². The second kappa shape index (κ2) is 26.7. The Morgan fingerprint density at radius 3 is 0.750 bits per heavy atom. The van der Waals surface area contributed by atoms with Crippen LogP contribution in [-0.4, -0.2) is 74.3 Å². The molecule has 6 nitrogen and oxygen atoms in total. The van der Waals surface area contributed by atoms with Gasteiger partial charge in [0.15, 0.2) is 0 Å². The Balaban J connectivity index is -0.000000472. The molecule has 0 fully saturated rings. The predicted octanol–water partition coefficient (Wildman–Crippen LogP) is 4.71. The molecular weight excluding hydrogens is 452 g/mol. The minimum absolute atomic E-state index is 0.384. The Hall–Kier alpha value is -1.40. The fourth-order valence-electron chi connectivity index (χ4n) is 4.05. The number of rotatable bonds is 20. The van der Waals surface area contributed by atoms with Crippen molar-refractivity contribution in [1.29, 1.82) is 0 Å². The number of carboxylic acids is 2. The van der Waals surface area contributed by atoms with Crippen LogP contribution >= 0.6 is 0 Å². The van der Waals surface area contributed by atoms with Crippen molar-refractivity contribution in [2.45, 2.75) is 119 Å². The largest absolute Gasteiger partial charge is 0.545 e. The Kier molecular flexibility index (Phi) is 29.0. The molecule has 0 aromatic carbocycles. The molecule has 0 saturated heterocycles. The topological polar surface area (TPSA) is 80.3 Å². The molecule has 0 aliphatic carbocycles. The van der Waals surface area contributed by atoms with E-state index >= 15 is 0 Å². The molecule has 0 radical (unpaired) electrons. The van der Waals surface area contributed by atoms with Gasteiger partial charge >= 0.3 is 0 Å². The van der Waals surface area contributed by atoms with Crippen LogP contribution in [-0.2, 0) is 9.59 Å². The van der Waals surface area contributed by atoms with Crippen LogP contribution in [0.25, 0.3) is 0 Å². The smallest absolute Gasteiger partial charge is 0.0784 e. The van der Waals surface area contributed by atoms with Crippen LogP contribution in [0.1, 0.15) is 119 Å². The zero-order valence-electron chi connectivity index (χ0n) is 25.4. The summed E-state index contributed by atoms with van der Waals surface area (Å²) in [5.74, 6) is -3.09. The van der Waals surface area contributed by atoms with Crippen LogP contribution in [0, 0.1) is 0 Å². The second-order valence-corrected chi connectivity index (χ2v) is 10.7. The number of carbonyl (C=O) groups excluding carboxylic acids is 2. The molecule has 0 rings (SSSR count). The van der Waals surface area contributed by atoms with E-state index in [-0.39, 0.29) is 0 Å². The summed E-state index contributed by atoms with van der Waals surface area (Å²) in [4.78, 5) is 18.8. The Morgan fingerprint density at radius 1 is 0.472 bits per heavy atom. The number of hydrogen-bond donors (Lipinski definition) is 0. The van der Waals surface area contributed by atoms with Crippen LogP contribution < -0.4 is 10.2 Å². The summed E-state index contributed by atoms with van der Waals surface area (Å²) in [5, 5.41) is 18.8. The first-order valence-corrected chi connectivity index (χ1v) is 14.8. The van der Waals surface area contributed by atoms with Gasteiger partial charge < -0.3 is 28.8 Å². The van der Waals surface area contributed by atoms with Crippen molar-refractivity contribution in [3.63, 3.8) is 0 Å². The highest BCUT2D eigenvalue weighted by atomic mass is 16.4. The molecule has 0 atom stereocenters. The van der Waals surface area contributed by atoms with E-state index in [1.54, 1.807) is 0 Å². The lowest BCUT2D eigenvalue weighted by Crippen LogP contribution is -2.46. The summed E-state index contributed by atoms with van der Waals surface area (Å²) in [6.45, 7) is 22.1. The molecule has 0 heterocycles. The number of carbonyl (C=O) groups is 2. The molecule has 0 aromatic rings. The van der Waals surface area contributed by atoms with Crippen molar-refractivity contribution in [3.8, 4) is 0 Å². The van der Waals surface area contributed by atoms with Gasteiger partial charge in [0.05, 0.1) is 65.3 Å². The number of nitrogens with zero attached hydrogens (tertiary/aromatic N) is 2. The molecule has 0 saturated carbocycles. The maximum Gasteiger partial charge on any atom is 0.0784 e. The highest BCUT2D eigenvalue weighted by Gasteiger charge is 2.19. The molecular formula is C30H62N2O4. The average molecular weight is 515 g/mol. The third-order valence-corrected chi connectivity index (χ3v) is 6.66. The van der Waals surface area contributed by atoms with Crippen LogP contribution in [0.15, 0.2) is 12.2 Å². The lowest BCUT2D eigenvalue weighted by molar-refractivity contribution is -0.910. The third kappa shape index (κ3) is 28.8. The van der Waals surface area contributed by atoms with Crippen molar-refractivity contribution in [3.05, 3.63) is 12.2 Å². The van der Waals surface area contributed by atoms with Gasteiger partial charge in [0.2, 0.25) is 0 Å². The minimum atomic E-state index is -1.55. The van der Waals surface area contributed by atoms with Gasteiger partial charge in [-0.1, -0.05) is 80.1 Å². The van der Waals surface area contributed by atoms with Crippen molar-refractivity contribution in [2.75, 3.05) is 53.4 Å². The normalized spacial score (nSPS) is 11.4. The zero-order valence-corrected chi connectivity index (χ0v) is 25.4. The van der Waals surface area contributed by atoms with Gasteiger partial charge in [-0.2, -0.15) is 0 Å². The quantitative estimate of drug-likeness (QED) is 0.174. The number of aliphatic carboxylic acids is 2. The summed E-state index contributed by atoms with van der Waals surface area (Å²) >= 11 is 0. The Bertz CT molecular complexity index is 445. The second-order valence-electron chi connectivity index (χ2n) is 10.7. The first kappa shape index (κ1) is 39.1. The van der Waals surface area contributed by atoms with E-state index < -0.39 is 11.9 Å². The van der Waals surface area contributed by atoms with Crippen molar-refractivity contribution >= 4 is 11.9 Å². The number of quaternary nitrogens is 2. The summed E-state index contributed by atoms with van der Waals surface area (Å²) in [6, 6.07) is 0. The zero-order chi connectivity index (χ0) is 28.3. The molecule has 0 bridgehead atoms. The highest BCUT2D eigenvalue weighted by molar-refractivity contribution is 5.87. The van der Waals surface area contributed by atoms with Crippen LogP contribution in [0.3, 0.4) is 0 Å². The van der Waals surface area contributed by atoms with Gasteiger partial charge in [-0.25, -0.2) is 0 Å². The van der Waals surface area contributed by atoms with E-state index in [1.807, 2.05) is 0 Å². The fraction of sp³-hybridized carbons (Fsp3) is 0.867. The van der Waals surface area contributed by atoms with E-state index in [1.165, 1.54) is 125 Å². The van der Waals surface area contributed by atoms with Gasteiger partial charge in [-0.05, 0) is 50.7 Å². The van der Waals surface area contributed by atoms with E-state index in [2.05, 4.69) is 55.6 Å². The first-order valence-electron chi connectivity index (χ1n) is 14.8. The van der Waals surface area contributed by atoms with Gasteiger partial charge in [0.25, 0.3) is 0 Å². The summed E-state index contributed by atoms with van der Waals surface area (Å²) < 4.78 is 2.63. The lowest BCUT2D eigenvalue weighted by atomic mass is 10.2. The summed E-state index contributed by atoms with van der Waals surface area (Å²) in [5.41, 5.74) is 0. The fourth-order valence-corrected chi connectivity index (χ4v) is 4.05. The predicted molar refractivity (Wildman–Crippen MR) is 150 cm³/mol. The van der Waals surface area contributed by atoms with Crippen molar-refractivity contribution in [2.24, 2.45) is 0 Å². The molecule has 0 unspecified atom stereocenters. The maximum absolute atomic E-state index is 9.41. The van der Waals surface area contributed by atoms with Gasteiger partial charge in [-0.15, -0.1) is 0 Å². The standard InChI is InChI=1S/2C13H30N.C4H4O4/c2*1-5-8-11-14(4,12-9-6-2)13-10-7-3;5-3(6)1-2-4(7)8/h2*5-13H2,1-4H3;1-2H,(H,5,6)(H,7,8)/q2*+1;/p-2/b;;2-1+. The molecule has 6 heteroatoms. The first-order chi connectivity index (χ1) is 17.0. The molecule has 0 aliphatic heterocycles. The van der Waals surface area contributed by atoms with E-state index in [0.717, 1.165) is 0 Å². The van der Waals surface area contributed by atoms with Crippen LogP contribution in [0.5, 0.6) is 0 Å². The van der Waals surface area contributed by atoms with Crippen molar-refractivity contribution < 1.29 is 28.8 Å². The summed E-state index contributed by atoms with van der Waals surface area (Å²) in [7, 11) is 4.89. The van der Waals surface area contributed by atoms with E-state index in [0.29, 0.717) is 12.2 Å². The van der Waals surface area contributed by atoms with Crippen LogP contribution in [0.4, 0.5) is 0 Å². The molecule has 0 aromatic heterocycles. The molecule has 36 heavy (non-hydrogen) atoms.